The molecule has 1 aromatic heterocycles. The number of hydrogen-bond donors (Lipinski definition) is 2. The van der Waals surface area contributed by atoms with Gasteiger partial charge in [-0.25, -0.2) is 18.5 Å². The van der Waals surface area contributed by atoms with E-state index < -0.39 is 10.0 Å². The zero-order valence-corrected chi connectivity index (χ0v) is 17.3. The molecule has 0 radical (unpaired) electrons. The summed E-state index contributed by atoms with van der Waals surface area (Å²) >= 11 is 3.13. The summed E-state index contributed by atoms with van der Waals surface area (Å²) in [6, 6.07) is 13.8. The Morgan fingerprint density at radius 3 is 2.57 bits per heavy atom. The second-order valence-electron chi connectivity index (χ2n) is 5.96. The zero-order chi connectivity index (χ0) is 20.0. The van der Waals surface area contributed by atoms with Crippen LogP contribution in [0.1, 0.15) is 21.6 Å². The third kappa shape index (κ3) is 5.65. The second-order valence-corrected chi connectivity index (χ2v) is 9.26. The Balaban J connectivity index is 1.56. The first-order chi connectivity index (χ1) is 13.4. The molecule has 3 N–H and O–H groups in total. The highest BCUT2D eigenvalue weighted by Gasteiger charge is 2.12. The van der Waals surface area contributed by atoms with Crippen LogP contribution in [0.15, 0.2) is 69.2 Å². The molecule has 0 aliphatic carbocycles. The highest BCUT2D eigenvalue weighted by molar-refractivity contribution is 7.98. The largest absolute Gasteiger partial charge is 0.352 e. The van der Waals surface area contributed by atoms with Crippen LogP contribution in [-0.4, -0.2) is 25.9 Å². The summed E-state index contributed by atoms with van der Waals surface area (Å²) in [5.74, 6) is 0.576. The van der Waals surface area contributed by atoms with E-state index >= 15 is 0 Å². The molecule has 6 nitrogen and oxygen atoms in total. The molecule has 3 aromatic rings. The summed E-state index contributed by atoms with van der Waals surface area (Å²) in [6.45, 7) is 0.443. The number of benzene rings is 2. The summed E-state index contributed by atoms with van der Waals surface area (Å²) in [5, 5.41) is 10.0. The molecule has 0 spiro atoms. The van der Waals surface area contributed by atoms with Gasteiger partial charge in [0.05, 0.1) is 21.7 Å². The van der Waals surface area contributed by atoms with Crippen LogP contribution in [0.4, 0.5) is 0 Å². The fraction of sp³-hybridized carbons (Fsp3) is 0.158. The van der Waals surface area contributed by atoms with Gasteiger partial charge in [-0.1, -0.05) is 24.3 Å². The van der Waals surface area contributed by atoms with E-state index in [9.17, 15) is 13.2 Å². The molecule has 3 rings (SSSR count). The van der Waals surface area contributed by atoms with Crippen molar-refractivity contribution in [2.45, 2.75) is 22.0 Å². The van der Waals surface area contributed by atoms with Gasteiger partial charge in [-0.15, -0.1) is 23.1 Å². The highest BCUT2D eigenvalue weighted by Crippen LogP contribution is 2.26. The summed E-state index contributed by atoms with van der Waals surface area (Å²) < 4.78 is 22.6. The van der Waals surface area contributed by atoms with Crippen molar-refractivity contribution in [3.8, 4) is 0 Å². The minimum atomic E-state index is -3.69. The molecule has 0 aliphatic rings. The summed E-state index contributed by atoms with van der Waals surface area (Å²) in [6.07, 6.45) is 0.588. The Labute approximate surface area is 172 Å². The Morgan fingerprint density at radius 2 is 1.89 bits per heavy atom. The molecule has 0 fully saturated rings. The number of primary sulfonamides is 1. The predicted molar refractivity (Wildman–Crippen MR) is 112 cm³/mol. The molecule has 1 heterocycles. The van der Waals surface area contributed by atoms with Gasteiger partial charge in [-0.3, -0.25) is 4.79 Å². The van der Waals surface area contributed by atoms with E-state index in [0.717, 1.165) is 16.2 Å². The molecule has 0 unspecified atom stereocenters. The maximum Gasteiger partial charge on any atom is 0.252 e. The van der Waals surface area contributed by atoms with Crippen LogP contribution >= 0.6 is 23.1 Å². The number of thioether (sulfide) groups is 1. The number of carbonyl (C=O) groups is 1. The van der Waals surface area contributed by atoms with Gasteiger partial charge in [0.1, 0.15) is 0 Å². The first-order valence-electron chi connectivity index (χ1n) is 8.42. The number of aromatic nitrogens is 1. The van der Waals surface area contributed by atoms with Crippen LogP contribution < -0.4 is 10.5 Å². The number of thiazole rings is 1. The lowest BCUT2D eigenvalue weighted by atomic mass is 10.1. The SMILES string of the molecule is NS(=O)(=O)c1ccc(CCNC(=O)c2ccccc2SCc2cscn2)cc1. The number of rotatable bonds is 8. The quantitative estimate of drug-likeness (QED) is 0.532. The Bertz CT molecular complexity index is 1030. The summed E-state index contributed by atoms with van der Waals surface area (Å²) in [4.78, 5) is 17.8. The fourth-order valence-corrected chi connectivity index (χ4v) is 4.63. The van der Waals surface area contributed by atoms with Crippen LogP contribution in [0.3, 0.4) is 0 Å². The highest BCUT2D eigenvalue weighted by atomic mass is 32.2. The van der Waals surface area contributed by atoms with Crippen molar-refractivity contribution < 1.29 is 13.2 Å². The number of nitrogens with two attached hydrogens (primary N) is 1. The van der Waals surface area contributed by atoms with Crippen LogP contribution in [0.5, 0.6) is 0 Å². The molecule has 0 atom stereocenters. The number of sulfonamides is 1. The Kier molecular flexibility index (Phi) is 6.84. The first-order valence-corrected chi connectivity index (χ1v) is 11.9. The molecular weight excluding hydrogens is 414 g/mol. The van der Waals surface area contributed by atoms with Crippen molar-refractivity contribution in [1.29, 1.82) is 0 Å². The van der Waals surface area contributed by atoms with Crippen molar-refractivity contribution in [1.82, 2.24) is 10.3 Å². The average Bonchev–Trinajstić information content (AvgIpc) is 3.20. The normalized spacial score (nSPS) is 11.3. The third-order valence-corrected chi connectivity index (χ3v) is 6.61. The average molecular weight is 434 g/mol. The van der Waals surface area contributed by atoms with E-state index in [1.54, 1.807) is 46.8 Å². The maximum atomic E-state index is 12.6. The molecule has 9 heteroatoms. The summed E-state index contributed by atoms with van der Waals surface area (Å²) in [7, 11) is -3.69. The van der Waals surface area contributed by atoms with Gasteiger partial charge in [-0.05, 0) is 36.2 Å². The van der Waals surface area contributed by atoms with E-state index in [1.165, 1.54) is 12.1 Å². The Morgan fingerprint density at radius 1 is 1.14 bits per heavy atom. The molecule has 2 aromatic carbocycles. The zero-order valence-electron chi connectivity index (χ0n) is 14.9. The molecule has 146 valence electrons. The summed E-state index contributed by atoms with van der Waals surface area (Å²) in [5.41, 5.74) is 4.34. The standard InChI is InChI=1S/C19H19N3O3S3/c20-28(24,25)16-7-5-14(6-8-16)9-10-21-19(23)17-3-1-2-4-18(17)27-12-15-11-26-13-22-15/h1-8,11,13H,9-10,12H2,(H,21,23)(H2,20,24,25). The van der Waals surface area contributed by atoms with Gasteiger partial charge in [0.15, 0.2) is 0 Å². The number of nitrogens with one attached hydrogen (secondary N) is 1. The second kappa shape index (κ2) is 9.33. The van der Waals surface area contributed by atoms with E-state index in [4.69, 9.17) is 5.14 Å². The van der Waals surface area contributed by atoms with Crippen LogP contribution in [0, 0.1) is 0 Å². The minimum absolute atomic E-state index is 0.0753. The van der Waals surface area contributed by atoms with Crippen LogP contribution in [0.2, 0.25) is 0 Å². The van der Waals surface area contributed by atoms with Gasteiger partial charge >= 0.3 is 0 Å². The van der Waals surface area contributed by atoms with Gasteiger partial charge < -0.3 is 5.32 Å². The molecular formula is C19H19N3O3S3. The van der Waals surface area contributed by atoms with E-state index in [1.807, 2.05) is 23.6 Å². The number of nitrogens with zero attached hydrogens (tertiary/aromatic N) is 1. The van der Waals surface area contributed by atoms with Crippen molar-refractivity contribution in [3.63, 3.8) is 0 Å². The lowest BCUT2D eigenvalue weighted by molar-refractivity contribution is 0.0951. The van der Waals surface area contributed by atoms with E-state index in [2.05, 4.69) is 10.3 Å². The van der Waals surface area contributed by atoms with Crippen molar-refractivity contribution in [2.75, 3.05) is 6.54 Å². The lowest BCUT2D eigenvalue weighted by Gasteiger charge is -2.10. The molecule has 0 saturated heterocycles. The van der Waals surface area contributed by atoms with Crippen LogP contribution in [-0.2, 0) is 22.2 Å². The monoisotopic (exact) mass is 433 g/mol. The van der Waals surface area contributed by atoms with Gasteiger partial charge in [0.2, 0.25) is 10.0 Å². The molecule has 0 aliphatic heterocycles. The maximum absolute atomic E-state index is 12.6. The lowest BCUT2D eigenvalue weighted by Crippen LogP contribution is -2.26. The van der Waals surface area contributed by atoms with E-state index in [0.29, 0.717) is 24.3 Å². The Hall–Kier alpha value is -2.20. The number of hydrogen-bond acceptors (Lipinski definition) is 6. The molecule has 0 saturated carbocycles. The van der Waals surface area contributed by atoms with E-state index in [-0.39, 0.29) is 10.8 Å². The number of amides is 1. The third-order valence-electron chi connectivity index (χ3n) is 3.94. The molecule has 0 bridgehead atoms. The van der Waals surface area contributed by atoms with Gasteiger partial charge in [-0.2, -0.15) is 0 Å². The topological polar surface area (TPSA) is 102 Å². The van der Waals surface area contributed by atoms with Crippen LogP contribution in [0.25, 0.3) is 0 Å². The van der Waals surface area contributed by atoms with Crippen molar-refractivity contribution in [2.24, 2.45) is 5.14 Å². The van der Waals surface area contributed by atoms with Gasteiger partial charge in [0, 0.05) is 22.6 Å². The molecule has 1 amide bonds. The van der Waals surface area contributed by atoms with Crippen molar-refractivity contribution >= 4 is 39.0 Å². The fourth-order valence-electron chi connectivity index (χ4n) is 2.50. The smallest absolute Gasteiger partial charge is 0.252 e. The van der Waals surface area contributed by atoms with Crippen molar-refractivity contribution in [3.05, 3.63) is 76.2 Å². The van der Waals surface area contributed by atoms with Gasteiger partial charge in [0.25, 0.3) is 5.91 Å². The minimum Gasteiger partial charge on any atom is -0.352 e. The number of carbonyl (C=O) groups excluding carboxylic acids is 1. The molecule has 28 heavy (non-hydrogen) atoms. The predicted octanol–water partition coefficient (Wildman–Crippen LogP) is 3.06. The first kappa shape index (κ1) is 20.5.